The van der Waals surface area contributed by atoms with Crippen molar-refractivity contribution in [1.82, 2.24) is 9.78 Å². The number of hydrogen-bond donors (Lipinski definition) is 1. The van der Waals surface area contributed by atoms with Crippen LogP contribution in [0.2, 0.25) is 0 Å². The van der Waals surface area contributed by atoms with E-state index in [-0.39, 0.29) is 0 Å². The molecular formula is C16H22N2O. The molecule has 0 atom stereocenters. The van der Waals surface area contributed by atoms with Gasteiger partial charge in [-0.3, -0.25) is 0 Å². The minimum absolute atomic E-state index is 0.295. The van der Waals surface area contributed by atoms with Crippen LogP contribution in [0.5, 0.6) is 5.88 Å². The first-order valence-corrected chi connectivity index (χ1v) is 6.98. The zero-order valence-corrected chi connectivity index (χ0v) is 11.9. The van der Waals surface area contributed by atoms with Gasteiger partial charge in [-0.15, -0.1) is 0 Å². The van der Waals surface area contributed by atoms with Crippen molar-refractivity contribution in [2.45, 2.75) is 40.0 Å². The quantitative estimate of drug-likeness (QED) is 0.887. The molecule has 0 saturated heterocycles. The summed E-state index contributed by atoms with van der Waals surface area (Å²) in [5.41, 5.74) is 2.94. The summed E-state index contributed by atoms with van der Waals surface area (Å²) in [6, 6.07) is 9.80. The number of aromatic hydroxyl groups is 1. The molecule has 0 fully saturated rings. The van der Waals surface area contributed by atoms with E-state index in [2.05, 4.69) is 25.9 Å². The fraction of sp³-hybridized carbons (Fsp3) is 0.438. The molecule has 0 aliphatic carbocycles. The number of para-hydroxylation sites is 1. The zero-order valence-electron chi connectivity index (χ0n) is 11.9. The molecule has 0 bridgehead atoms. The summed E-state index contributed by atoms with van der Waals surface area (Å²) in [6.45, 7) is 6.46. The maximum atomic E-state index is 10.4. The largest absolute Gasteiger partial charge is 0.493 e. The fourth-order valence-corrected chi connectivity index (χ4v) is 2.29. The van der Waals surface area contributed by atoms with Crippen LogP contribution in [0.1, 0.15) is 38.4 Å². The lowest BCUT2D eigenvalue weighted by Crippen LogP contribution is -1.97. The lowest BCUT2D eigenvalue weighted by Gasteiger charge is -2.06. The van der Waals surface area contributed by atoms with Gasteiger partial charge in [-0.25, -0.2) is 4.68 Å². The lowest BCUT2D eigenvalue weighted by atomic mass is 10.0. The maximum absolute atomic E-state index is 10.4. The van der Waals surface area contributed by atoms with Crippen LogP contribution in [0, 0.1) is 5.92 Å². The van der Waals surface area contributed by atoms with Crippen LogP contribution in [0.15, 0.2) is 30.3 Å². The van der Waals surface area contributed by atoms with Gasteiger partial charge < -0.3 is 5.11 Å². The highest BCUT2D eigenvalue weighted by Gasteiger charge is 2.18. The van der Waals surface area contributed by atoms with Crippen molar-refractivity contribution >= 4 is 0 Å². The molecular weight excluding hydrogens is 236 g/mol. The molecule has 102 valence electrons. The zero-order chi connectivity index (χ0) is 13.8. The summed E-state index contributed by atoms with van der Waals surface area (Å²) < 4.78 is 1.66. The van der Waals surface area contributed by atoms with E-state index in [0.717, 1.165) is 36.2 Å². The van der Waals surface area contributed by atoms with Crippen molar-refractivity contribution in [3.8, 4) is 11.6 Å². The summed E-state index contributed by atoms with van der Waals surface area (Å²) in [7, 11) is 0. The summed E-state index contributed by atoms with van der Waals surface area (Å²) in [5, 5.41) is 15.0. The molecule has 0 amide bonds. The molecule has 1 N–H and O–H groups in total. The van der Waals surface area contributed by atoms with Gasteiger partial charge >= 0.3 is 0 Å². The smallest absolute Gasteiger partial charge is 0.217 e. The second kappa shape index (κ2) is 5.91. The van der Waals surface area contributed by atoms with Crippen molar-refractivity contribution in [3.05, 3.63) is 41.6 Å². The molecule has 1 heterocycles. The molecule has 0 spiro atoms. The Kier molecular flexibility index (Phi) is 4.25. The minimum atomic E-state index is 0.295. The van der Waals surface area contributed by atoms with Crippen molar-refractivity contribution in [3.63, 3.8) is 0 Å². The molecule has 0 saturated carbocycles. The number of benzene rings is 1. The van der Waals surface area contributed by atoms with Gasteiger partial charge in [-0.2, -0.15) is 5.10 Å². The first-order valence-electron chi connectivity index (χ1n) is 6.98. The SMILES string of the molecule is CCCc1nn(-c2ccccc2)c(O)c1CC(C)C. The van der Waals surface area contributed by atoms with E-state index in [1.807, 2.05) is 30.3 Å². The predicted octanol–water partition coefficient (Wildman–Crippen LogP) is 3.73. The van der Waals surface area contributed by atoms with Crippen LogP contribution in [-0.2, 0) is 12.8 Å². The number of rotatable bonds is 5. The van der Waals surface area contributed by atoms with Crippen LogP contribution in [0.25, 0.3) is 5.69 Å². The Morgan fingerprint density at radius 2 is 1.89 bits per heavy atom. The first kappa shape index (κ1) is 13.7. The van der Waals surface area contributed by atoms with Gasteiger partial charge in [0.25, 0.3) is 0 Å². The van der Waals surface area contributed by atoms with Crippen LogP contribution in [0.3, 0.4) is 0 Å². The molecule has 0 radical (unpaired) electrons. The van der Waals surface area contributed by atoms with Gasteiger partial charge in [0.15, 0.2) is 0 Å². The number of aryl methyl sites for hydroxylation is 1. The van der Waals surface area contributed by atoms with E-state index in [4.69, 9.17) is 0 Å². The van der Waals surface area contributed by atoms with E-state index in [1.165, 1.54) is 0 Å². The predicted molar refractivity (Wildman–Crippen MR) is 77.8 cm³/mol. The Bertz CT molecular complexity index is 529. The third kappa shape index (κ3) is 2.98. The van der Waals surface area contributed by atoms with Crippen molar-refractivity contribution in [1.29, 1.82) is 0 Å². The van der Waals surface area contributed by atoms with Crippen LogP contribution in [-0.4, -0.2) is 14.9 Å². The summed E-state index contributed by atoms with van der Waals surface area (Å²) in [4.78, 5) is 0. The Morgan fingerprint density at radius 3 is 2.47 bits per heavy atom. The van der Waals surface area contributed by atoms with Gasteiger partial charge in [-0.1, -0.05) is 45.4 Å². The molecule has 0 unspecified atom stereocenters. The van der Waals surface area contributed by atoms with Crippen molar-refractivity contribution in [2.75, 3.05) is 0 Å². The van der Waals surface area contributed by atoms with Gasteiger partial charge in [-0.05, 0) is 30.9 Å². The van der Waals surface area contributed by atoms with E-state index in [0.29, 0.717) is 11.8 Å². The van der Waals surface area contributed by atoms with Gasteiger partial charge in [0.2, 0.25) is 5.88 Å². The summed E-state index contributed by atoms with van der Waals surface area (Å²) in [6.07, 6.45) is 2.82. The Labute approximate surface area is 114 Å². The first-order chi connectivity index (χ1) is 9.13. The van der Waals surface area contributed by atoms with Crippen LogP contribution >= 0.6 is 0 Å². The normalized spacial score (nSPS) is 11.2. The molecule has 1 aromatic heterocycles. The molecule has 2 rings (SSSR count). The number of aromatic nitrogens is 2. The highest BCUT2D eigenvalue weighted by Crippen LogP contribution is 2.28. The molecule has 0 aliphatic heterocycles. The molecule has 1 aromatic carbocycles. The molecule has 19 heavy (non-hydrogen) atoms. The second-order valence-electron chi connectivity index (χ2n) is 5.34. The lowest BCUT2D eigenvalue weighted by molar-refractivity contribution is 0.424. The van der Waals surface area contributed by atoms with Crippen molar-refractivity contribution in [2.24, 2.45) is 5.92 Å². The average molecular weight is 258 g/mol. The van der Waals surface area contributed by atoms with E-state index < -0.39 is 0 Å². The fourth-order valence-electron chi connectivity index (χ4n) is 2.29. The highest BCUT2D eigenvalue weighted by molar-refractivity contribution is 5.40. The minimum Gasteiger partial charge on any atom is -0.493 e. The molecule has 3 nitrogen and oxygen atoms in total. The molecule has 0 aliphatic rings. The van der Waals surface area contributed by atoms with Crippen LogP contribution < -0.4 is 0 Å². The van der Waals surface area contributed by atoms with Gasteiger partial charge in [0.05, 0.1) is 11.4 Å². The summed E-state index contributed by atoms with van der Waals surface area (Å²) >= 11 is 0. The number of nitrogens with zero attached hydrogens (tertiary/aromatic N) is 2. The summed E-state index contributed by atoms with van der Waals surface area (Å²) in [5.74, 6) is 0.804. The van der Waals surface area contributed by atoms with Gasteiger partial charge in [0, 0.05) is 5.56 Å². The third-order valence-electron chi connectivity index (χ3n) is 3.14. The third-order valence-corrected chi connectivity index (χ3v) is 3.14. The second-order valence-corrected chi connectivity index (χ2v) is 5.34. The van der Waals surface area contributed by atoms with E-state index in [1.54, 1.807) is 4.68 Å². The Morgan fingerprint density at radius 1 is 1.21 bits per heavy atom. The maximum Gasteiger partial charge on any atom is 0.217 e. The number of hydrogen-bond acceptors (Lipinski definition) is 2. The monoisotopic (exact) mass is 258 g/mol. The molecule has 3 heteroatoms. The highest BCUT2D eigenvalue weighted by atomic mass is 16.3. The Hall–Kier alpha value is -1.77. The van der Waals surface area contributed by atoms with Crippen molar-refractivity contribution < 1.29 is 5.11 Å². The standard InChI is InChI=1S/C16H22N2O/c1-4-8-15-14(11-12(2)3)16(19)18(17-15)13-9-6-5-7-10-13/h5-7,9-10,12,19H,4,8,11H2,1-3H3. The average Bonchev–Trinajstić information content (AvgIpc) is 2.69. The van der Waals surface area contributed by atoms with E-state index in [9.17, 15) is 5.11 Å². The molecule has 2 aromatic rings. The van der Waals surface area contributed by atoms with E-state index >= 15 is 0 Å². The van der Waals surface area contributed by atoms with Gasteiger partial charge in [0.1, 0.15) is 0 Å². The Balaban J connectivity index is 2.46. The van der Waals surface area contributed by atoms with Crippen LogP contribution in [0.4, 0.5) is 0 Å². The topological polar surface area (TPSA) is 38.0 Å².